The Labute approximate surface area is 123 Å². The lowest BCUT2D eigenvalue weighted by Gasteiger charge is -2.12. The van der Waals surface area contributed by atoms with Gasteiger partial charge in [0.25, 0.3) is 5.91 Å². The zero-order valence-electron chi connectivity index (χ0n) is 11.9. The van der Waals surface area contributed by atoms with E-state index in [4.69, 9.17) is 5.14 Å². The molecule has 1 fully saturated rings. The van der Waals surface area contributed by atoms with Crippen molar-refractivity contribution >= 4 is 15.9 Å². The molecule has 7 heteroatoms. The van der Waals surface area contributed by atoms with Crippen molar-refractivity contribution in [2.45, 2.75) is 37.5 Å². The Bertz CT molecular complexity index is 652. The molecule has 0 bridgehead atoms. The summed E-state index contributed by atoms with van der Waals surface area (Å²) < 4.78 is 36.6. The van der Waals surface area contributed by atoms with Crippen molar-refractivity contribution in [3.8, 4) is 0 Å². The zero-order valence-corrected chi connectivity index (χ0v) is 12.7. The van der Waals surface area contributed by atoms with Gasteiger partial charge in [-0.05, 0) is 37.8 Å². The van der Waals surface area contributed by atoms with E-state index in [1.165, 1.54) is 6.92 Å². The third-order valence-electron chi connectivity index (χ3n) is 3.89. The lowest BCUT2D eigenvalue weighted by atomic mass is 10.1. The number of carbonyl (C=O) groups is 1. The average Bonchev–Trinajstić information content (AvgIpc) is 2.90. The fourth-order valence-electron chi connectivity index (χ4n) is 2.63. The number of nitrogens with one attached hydrogen (secondary N) is 1. The number of hydrogen-bond acceptors (Lipinski definition) is 3. The summed E-state index contributed by atoms with van der Waals surface area (Å²) in [6.45, 7) is 1.84. The van der Waals surface area contributed by atoms with Gasteiger partial charge in [-0.15, -0.1) is 0 Å². The van der Waals surface area contributed by atoms with Crippen molar-refractivity contribution in [2.75, 3.05) is 6.54 Å². The first-order valence-corrected chi connectivity index (χ1v) is 8.45. The first kappa shape index (κ1) is 15.9. The fourth-order valence-corrected chi connectivity index (χ4v) is 3.45. The van der Waals surface area contributed by atoms with Gasteiger partial charge >= 0.3 is 0 Å². The van der Waals surface area contributed by atoms with Crippen molar-refractivity contribution in [3.63, 3.8) is 0 Å². The first-order chi connectivity index (χ1) is 9.79. The van der Waals surface area contributed by atoms with Crippen LogP contribution >= 0.6 is 0 Å². The molecule has 116 valence electrons. The molecule has 0 aromatic heterocycles. The van der Waals surface area contributed by atoms with Crippen LogP contribution in [0.2, 0.25) is 0 Å². The summed E-state index contributed by atoms with van der Waals surface area (Å²) in [6.07, 6.45) is 4.47. The molecule has 0 unspecified atom stereocenters. The molecule has 0 atom stereocenters. The number of halogens is 1. The predicted molar refractivity (Wildman–Crippen MR) is 76.8 cm³/mol. The predicted octanol–water partition coefficient (Wildman–Crippen LogP) is 1.70. The number of primary sulfonamides is 1. The number of carbonyl (C=O) groups excluding carboxylic acids is 1. The molecule has 2 rings (SSSR count). The van der Waals surface area contributed by atoms with Crippen LogP contribution in [0.5, 0.6) is 0 Å². The molecule has 0 spiro atoms. The molecule has 0 saturated heterocycles. The van der Waals surface area contributed by atoms with Crippen LogP contribution in [0.4, 0.5) is 4.39 Å². The molecular formula is C14H19FN2O3S. The van der Waals surface area contributed by atoms with Gasteiger partial charge in [0.1, 0.15) is 5.82 Å². The largest absolute Gasteiger partial charge is 0.352 e. The number of amides is 1. The molecule has 21 heavy (non-hydrogen) atoms. The summed E-state index contributed by atoms with van der Waals surface area (Å²) in [6, 6.07) is 2.16. The quantitative estimate of drug-likeness (QED) is 0.886. The minimum Gasteiger partial charge on any atom is -0.352 e. The van der Waals surface area contributed by atoms with Crippen LogP contribution in [-0.2, 0) is 10.0 Å². The van der Waals surface area contributed by atoms with Gasteiger partial charge in [-0.2, -0.15) is 0 Å². The average molecular weight is 314 g/mol. The number of hydrogen-bond donors (Lipinski definition) is 2. The lowest BCUT2D eigenvalue weighted by molar-refractivity contribution is 0.0946. The van der Waals surface area contributed by atoms with E-state index >= 15 is 0 Å². The van der Waals surface area contributed by atoms with Crippen LogP contribution in [0, 0.1) is 18.7 Å². The second kappa shape index (κ2) is 6.11. The monoisotopic (exact) mass is 314 g/mol. The zero-order chi connectivity index (χ0) is 15.6. The van der Waals surface area contributed by atoms with E-state index in [-0.39, 0.29) is 16.0 Å². The Morgan fingerprint density at radius 1 is 1.38 bits per heavy atom. The molecule has 1 amide bonds. The topological polar surface area (TPSA) is 89.3 Å². The summed E-state index contributed by atoms with van der Waals surface area (Å²) >= 11 is 0. The highest BCUT2D eigenvalue weighted by atomic mass is 32.2. The van der Waals surface area contributed by atoms with E-state index in [0.29, 0.717) is 12.5 Å². The second-order valence-electron chi connectivity index (χ2n) is 5.49. The molecule has 1 aromatic carbocycles. The van der Waals surface area contributed by atoms with Gasteiger partial charge in [-0.3, -0.25) is 4.79 Å². The first-order valence-electron chi connectivity index (χ1n) is 6.90. The van der Waals surface area contributed by atoms with Gasteiger partial charge in [0.05, 0.1) is 4.90 Å². The molecular weight excluding hydrogens is 295 g/mol. The minimum atomic E-state index is -4.06. The lowest BCUT2D eigenvalue weighted by Crippen LogP contribution is -2.29. The molecule has 5 nitrogen and oxygen atoms in total. The molecule has 0 heterocycles. The molecule has 0 aliphatic heterocycles. The summed E-state index contributed by atoms with van der Waals surface area (Å²) in [7, 11) is -4.06. The number of benzene rings is 1. The maximum atomic E-state index is 13.8. The molecule has 1 aliphatic rings. The minimum absolute atomic E-state index is 0.0277. The third-order valence-corrected chi connectivity index (χ3v) is 4.93. The normalized spacial score (nSPS) is 16.1. The highest BCUT2D eigenvalue weighted by Gasteiger charge is 2.20. The van der Waals surface area contributed by atoms with Crippen LogP contribution in [0.15, 0.2) is 17.0 Å². The Balaban J connectivity index is 2.19. The van der Waals surface area contributed by atoms with Crippen LogP contribution < -0.4 is 10.5 Å². The van der Waals surface area contributed by atoms with Crippen molar-refractivity contribution in [3.05, 3.63) is 29.1 Å². The van der Waals surface area contributed by atoms with Crippen LogP contribution in [0.3, 0.4) is 0 Å². The van der Waals surface area contributed by atoms with Gasteiger partial charge in [-0.1, -0.05) is 12.8 Å². The van der Waals surface area contributed by atoms with Crippen LogP contribution in [-0.4, -0.2) is 20.9 Å². The molecule has 1 saturated carbocycles. The Morgan fingerprint density at radius 3 is 2.57 bits per heavy atom. The Hall–Kier alpha value is -1.47. The highest BCUT2D eigenvalue weighted by Crippen LogP contribution is 2.24. The highest BCUT2D eigenvalue weighted by molar-refractivity contribution is 7.89. The standard InChI is InChI=1S/C14H19FN2O3S/c1-9-12(15)6-11(7-13(9)21(16,19)20)14(18)17-8-10-4-2-3-5-10/h6-7,10H,2-5,8H2,1H3,(H,17,18)(H2,16,19,20). The number of sulfonamides is 1. The maximum absolute atomic E-state index is 13.8. The van der Waals surface area contributed by atoms with Crippen molar-refractivity contribution in [2.24, 2.45) is 11.1 Å². The van der Waals surface area contributed by atoms with E-state index < -0.39 is 21.7 Å². The van der Waals surface area contributed by atoms with E-state index in [0.717, 1.165) is 37.8 Å². The summed E-state index contributed by atoms with van der Waals surface area (Å²) in [4.78, 5) is 11.7. The molecule has 1 aliphatic carbocycles. The summed E-state index contributed by atoms with van der Waals surface area (Å²) in [5, 5.41) is 7.77. The number of rotatable bonds is 4. The maximum Gasteiger partial charge on any atom is 0.251 e. The van der Waals surface area contributed by atoms with E-state index in [2.05, 4.69) is 5.32 Å². The Kier molecular flexibility index (Phi) is 4.63. The summed E-state index contributed by atoms with van der Waals surface area (Å²) in [5.74, 6) is -0.791. The fraction of sp³-hybridized carbons (Fsp3) is 0.500. The second-order valence-corrected chi connectivity index (χ2v) is 7.02. The molecule has 3 N–H and O–H groups in total. The van der Waals surface area contributed by atoms with Crippen molar-refractivity contribution in [1.82, 2.24) is 5.32 Å². The van der Waals surface area contributed by atoms with E-state index in [1.54, 1.807) is 0 Å². The molecule has 1 aromatic rings. The van der Waals surface area contributed by atoms with Crippen molar-refractivity contribution in [1.29, 1.82) is 0 Å². The Morgan fingerprint density at radius 2 is 2.00 bits per heavy atom. The van der Waals surface area contributed by atoms with E-state index in [9.17, 15) is 17.6 Å². The van der Waals surface area contributed by atoms with Crippen LogP contribution in [0.1, 0.15) is 41.6 Å². The smallest absolute Gasteiger partial charge is 0.251 e. The summed E-state index contributed by atoms with van der Waals surface area (Å²) in [5.41, 5.74) is -0.107. The SMILES string of the molecule is Cc1c(F)cc(C(=O)NCC2CCCC2)cc1S(N)(=O)=O. The van der Waals surface area contributed by atoms with Crippen LogP contribution in [0.25, 0.3) is 0 Å². The van der Waals surface area contributed by atoms with Crippen molar-refractivity contribution < 1.29 is 17.6 Å². The van der Waals surface area contributed by atoms with E-state index in [1.807, 2.05) is 0 Å². The third kappa shape index (κ3) is 3.79. The van der Waals surface area contributed by atoms with Gasteiger partial charge in [-0.25, -0.2) is 17.9 Å². The molecule has 0 radical (unpaired) electrons. The number of nitrogens with two attached hydrogens (primary N) is 1. The van der Waals surface area contributed by atoms with Gasteiger partial charge < -0.3 is 5.32 Å². The van der Waals surface area contributed by atoms with Gasteiger partial charge in [0.15, 0.2) is 0 Å². The van der Waals surface area contributed by atoms with Gasteiger partial charge in [0.2, 0.25) is 10.0 Å². The van der Waals surface area contributed by atoms with Gasteiger partial charge in [0, 0.05) is 17.7 Å².